The van der Waals surface area contributed by atoms with Gasteiger partial charge in [-0.2, -0.15) is 0 Å². The molecule has 0 unspecified atom stereocenters. The zero-order chi connectivity index (χ0) is 27.5. The number of nitrogens with one attached hydrogen (secondary N) is 3. The van der Waals surface area contributed by atoms with Gasteiger partial charge in [-0.05, 0) is 44.2 Å². The molecular weight excluding hydrogens is 490 g/mol. The van der Waals surface area contributed by atoms with Crippen LogP contribution in [0.1, 0.15) is 45.9 Å². The lowest BCUT2D eigenvalue weighted by molar-refractivity contribution is -0.124. The van der Waals surface area contributed by atoms with Gasteiger partial charge < -0.3 is 30.2 Å². The van der Waals surface area contributed by atoms with Gasteiger partial charge in [0.1, 0.15) is 24.2 Å². The van der Waals surface area contributed by atoms with Crippen LogP contribution in [-0.4, -0.2) is 77.6 Å². The van der Waals surface area contributed by atoms with Gasteiger partial charge in [0.2, 0.25) is 11.6 Å². The van der Waals surface area contributed by atoms with Crippen molar-refractivity contribution in [2.24, 2.45) is 5.92 Å². The number of carbonyl (C=O) groups is 2. The van der Waals surface area contributed by atoms with E-state index in [1.54, 1.807) is 7.11 Å². The van der Waals surface area contributed by atoms with E-state index in [1.165, 1.54) is 0 Å². The summed E-state index contributed by atoms with van der Waals surface area (Å²) in [5.41, 5.74) is 2.30. The fraction of sp³-hybridized carbons (Fsp3) is 0.577. The summed E-state index contributed by atoms with van der Waals surface area (Å²) in [5, 5.41) is 17.5. The second-order valence-corrected chi connectivity index (χ2v) is 9.29. The number of hydrogen-bond donors (Lipinski definition) is 3. The first-order valence-electron chi connectivity index (χ1n) is 13.1. The number of methoxy groups -OCH3 is 1. The van der Waals surface area contributed by atoms with E-state index in [4.69, 9.17) is 19.2 Å². The van der Waals surface area contributed by atoms with Gasteiger partial charge in [-0.3, -0.25) is 9.20 Å². The third-order valence-corrected chi connectivity index (χ3v) is 5.87. The average molecular weight is 530 g/mol. The Bertz CT molecular complexity index is 1210. The SMILES string of the molecule is CCCOC(=O)N[C@H](C(=O)NCCCCNc1nc2cc(OCCOC)ccc2n2c(C)nnc12)C(C)C. The number of alkyl carbamates (subject to hydrolysis) is 1. The number of rotatable bonds is 15. The van der Waals surface area contributed by atoms with Gasteiger partial charge >= 0.3 is 6.09 Å². The van der Waals surface area contributed by atoms with Crippen molar-refractivity contribution in [3.8, 4) is 5.75 Å². The minimum atomic E-state index is -0.646. The number of aryl methyl sites for hydroxylation is 1. The van der Waals surface area contributed by atoms with Gasteiger partial charge in [-0.1, -0.05) is 20.8 Å². The number of amides is 2. The van der Waals surface area contributed by atoms with Crippen molar-refractivity contribution in [2.45, 2.75) is 53.0 Å². The molecule has 12 heteroatoms. The van der Waals surface area contributed by atoms with E-state index in [-0.39, 0.29) is 11.8 Å². The maximum absolute atomic E-state index is 12.6. The van der Waals surface area contributed by atoms with E-state index in [2.05, 4.69) is 26.1 Å². The minimum Gasteiger partial charge on any atom is -0.491 e. The second-order valence-electron chi connectivity index (χ2n) is 9.29. The highest BCUT2D eigenvalue weighted by Gasteiger charge is 2.24. The Labute approximate surface area is 222 Å². The summed E-state index contributed by atoms with van der Waals surface area (Å²) in [6.45, 7) is 9.98. The highest BCUT2D eigenvalue weighted by molar-refractivity contribution is 5.86. The predicted octanol–water partition coefficient (Wildman–Crippen LogP) is 3.08. The largest absolute Gasteiger partial charge is 0.491 e. The molecule has 1 aromatic carbocycles. The molecule has 3 aromatic rings. The summed E-state index contributed by atoms with van der Waals surface area (Å²) in [4.78, 5) is 29.2. The molecule has 0 aliphatic rings. The molecule has 3 N–H and O–H groups in total. The Balaban J connectivity index is 1.55. The summed E-state index contributed by atoms with van der Waals surface area (Å²) in [5.74, 6) is 1.82. The predicted molar refractivity (Wildman–Crippen MR) is 145 cm³/mol. The van der Waals surface area contributed by atoms with Crippen molar-refractivity contribution in [3.05, 3.63) is 24.0 Å². The van der Waals surface area contributed by atoms with Crippen LogP contribution in [0.3, 0.4) is 0 Å². The molecule has 0 aliphatic heterocycles. The lowest BCUT2D eigenvalue weighted by atomic mass is 10.0. The molecule has 3 rings (SSSR count). The lowest BCUT2D eigenvalue weighted by Crippen LogP contribution is -2.50. The highest BCUT2D eigenvalue weighted by atomic mass is 16.5. The fourth-order valence-electron chi connectivity index (χ4n) is 3.88. The Kier molecular flexibility index (Phi) is 10.9. The molecule has 0 saturated carbocycles. The normalized spacial score (nSPS) is 12.1. The maximum atomic E-state index is 12.6. The number of fused-ring (bicyclic) bond motifs is 3. The van der Waals surface area contributed by atoms with Crippen molar-refractivity contribution in [1.29, 1.82) is 0 Å². The van der Waals surface area contributed by atoms with Crippen LogP contribution in [0.15, 0.2) is 18.2 Å². The molecule has 38 heavy (non-hydrogen) atoms. The molecule has 0 aliphatic carbocycles. The Morgan fingerprint density at radius 1 is 1.08 bits per heavy atom. The van der Waals surface area contributed by atoms with Gasteiger partial charge in [0.05, 0.1) is 24.2 Å². The molecule has 12 nitrogen and oxygen atoms in total. The van der Waals surface area contributed by atoms with Gasteiger partial charge in [0.25, 0.3) is 0 Å². The van der Waals surface area contributed by atoms with Crippen LogP contribution in [0.25, 0.3) is 16.7 Å². The number of aromatic nitrogens is 4. The van der Waals surface area contributed by atoms with Gasteiger partial charge in [-0.25, -0.2) is 9.78 Å². The van der Waals surface area contributed by atoms with Crippen LogP contribution in [0.4, 0.5) is 10.6 Å². The first-order valence-corrected chi connectivity index (χ1v) is 13.1. The highest BCUT2D eigenvalue weighted by Crippen LogP contribution is 2.25. The maximum Gasteiger partial charge on any atom is 0.407 e. The summed E-state index contributed by atoms with van der Waals surface area (Å²) >= 11 is 0. The third kappa shape index (κ3) is 7.67. The monoisotopic (exact) mass is 529 g/mol. The molecule has 0 radical (unpaired) electrons. The van der Waals surface area contributed by atoms with Crippen LogP contribution < -0.4 is 20.7 Å². The number of hydrogen-bond acceptors (Lipinski definition) is 9. The van der Waals surface area contributed by atoms with E-state index < -0.39 is 12.1 Å². The van der Waals surface area contributed by atoms with Crippen LogP contribution in [0, 0.1) is 12.8 Å². The van der Waals surface area contributed by atoms with E-state index in [9.17, 15) is 9.59 Å². The zero-order valence-electron chi connectivity index (χ0n) is 22.9. The molecule has 2 amide bonds. The molecule has 2 heterocycles. The Morgan fingerprint density at radius 3 is 2.61 bits per heavy atom. The number of benzene rings is 1. The van der Waals surface area contributed by atoms with Gasteiger partial charge in [0, 0.05) is 26.3 Å². The van der Waals surface area contributed by atoms with Gasteiger partial charge in [-0.15, -0.1) is 10.2 Å². The Morgan fingerprint density at radius 2 is 1.87 bits per heavy atom. The minimum absolute atomic E-state index is 0.0651. The number of nitrogens with zero attached hydrogens (tertiary/aromatic N) is 4. The quantitative estimate of drug-likeness (QED) is 0.253. The smallest absolute Gasteiger partial charge is 0.407 e. The van der Waals surface area contributed by atoms with E-state index in [0.717, 1.165) is 36.1 Å². The van der Waals surface area contributed by atoms with Crippen molar-refractivity contribution in [3.63, 3.8) is 0 Å². The third-order valence-electron chi connectivity index (χ3n) is 5.87. The molecule has 0 spiro atoms. The van der Waals surface area contributed by atoms with Crippen LogP contribution in [0.5, 0.6) is 5.75 Å². The molecule has 1 atom stereocenters. The number of anilines is 1. The fourth-order valence-corrected chi connectivity index (χ4v) is 3.88. The molecule has 0 saturated heterocycles. The van der Waals surface area contributed by atoms with Crippen molar-refractivity contribution < 1.29 is 23.8 Å². The molecule has 0 bridgehead atoms. The van der Waals surface area contributed by atoms with Crippen LogP contribution in [-0.2, 0) is 14.3 Å². The average Bonchev–Trinajstić information content (AvgIpc) is 3.29. The topological polar surface area (TPSA) is 141 Å². The Hall–Kier alpha value is -3.67. The van der Waals surface area contributed by atoms with E-state index >= 15 is 0 Å². The first kappa shape index (κ1) is 28.9. The summed E-state index contributed by atoms with van der Waals surface area (Å²) in [6.07, 6.45) is 1.69. The first-order chi connectivity index (χ1) is 18.3. The van der Waals surface area contributed by atoms with Crippen molar-refractivity contribution in [2.75, 3.05) is 45.3 Å². The second kappa shape index (κ2) is 14.3. The molecule has 0 fully saturated rings. The standard InChI is InChI=1S/C26H39N7O5/c1-6-13-38-26(35)30-22(17(2)3)25(34)28-12-8-7-11-27-23-24-32-31-18(4)33(24)21-10-9-19(16-20(21)29-23)37-15-14-36-5/h9-10,16-17,22H,6-8,11-15H2,1-5H3,(H,27,29)(H,28,34)(H,30,35)/t22-/m0/s1. The van der Waals surface area contributed by atoms with Gasteiger partial charge in [0.15, 0.2) is 5.82 Å². The van der Waals surface area contributed by atoms with Crippen molar-refractivity contribution >= 4 is 34.5 Å². The molecule has 208 valence electrons. The summed E-state index contributed by atoms with van der Waals surface area (Å²) in [7, 11) is 1.63. The van der Waals surface area contributed by atoms with E-state index in [0.29, 0.717) is 50.1 Å². The number of ether oxygens (including phenoxy) is 3. The zero-order valence-corrected chi connectivity index (χ0v) is 22.9. The number of unbranched alkanes of at least 4 members (excludes halogenated alkanes) is 1. The van der Waals surface area contributed by atoms with Crippen LogP contribution in [0.2, 0.25) is 0 Å². The summed E-state index contributed by atoms with van der Waals surface area (Å²) in [6, 6.07) is 5.09. The molecular formula is C26H39N7O5. The van der Waals surface area contributed by atoms with E-state index in [1.807, 2.05) is 50.3 Å². The van der Waals surface area contributed by atoms with Crippen molar-refractivity contribution in [1.82, 2.24) is 30.2 Å². The van der Waals surface area contributed by atoms with Crippen LogP contribution >= 0.6 is 0 Å². The lowest BCUT2D eigenvalue weighted by Gasteiger charge is -2.21. The summed E-state index contributed by atoms with van der Waals surface area (Å²) < 4.78 is 17.8. The molecule has 2 aromatic heterocycles. The number of carbonyl (C=O) groups excluding carboxylic acids is 2.